The van der Waals surface area contributed by atoms with E-state index in [4.69, 9.17) is 5.73 Å². The monoisotopic (exact) mass is 206 g/mol. The van der Waals surface area contributed by atoms with Crippen LogP contribution in [0.5, 0.6) is 0 Å². The molecule has 0 atom stereocenters. The molecule has 1 aromatic rings. The lowest BCUT2D eigenvalue weighted by molar-refractivity contribution is 0.0774. The Kier molecular flexibility index (Phi) is 3.72. The summed E-state index contributed by atoms with van der Waals surface area (Å²) in [6, 6.07) is 5.56. The second kappa shape index (κ2) is 4.82. The van der Waals surface area contributed by atoms with Crippen molar-refractivity contribution in [2.45, 2.75) is 20.8 Å². The Morgan fingerprint density at radius 2 is 1.93 bits per heavy atom. The molecule has 1 amide bonds. The van der Waals surface area contributed by atoms with Crippen molar-refractivity contribution in [3.05, 3.63) is 29.3 Å². The Balaban J connectivity index is 3.05. The third kappa shape index (κ3) is 2.29. The number of nitrogen functional groups attached to an aromatic ring is 1. The van der Waals surface area contributed by atoms with Crippen LogP contribution >= 0.6 is 0 Å². The number of amides is 1. The van der Waals surface area contributed by atoms with Crippen LogP contribution in [0.2, 0.25) is 0 Å². The summed E-state index contributed by atoms with van der Waals surface area (Å²) in [5, 5.41) is 0. The van der Waals surface area contributed by atoms with Crippen LogP contribution in [-0.2, 0) is 0 Å². The van der Waals surface area contributed by atoms with Gasteiger partial charge in [-0.1, -0.05) is 12.1 Å². The van der Waals surface area contributed by atoms with E-state index in [-0.39, 0.29) is 5.91 Å². The number of anilines is 1. The van der Waals surface area contributed by atoms with Gasteiger partial charge in [-0.15, -0.1) is 0 Å². The first-order valence-electron chi connectivity index (χ1n) is 5.26. The van der Waals surface area contributed by atoms with E-state index in [1.54, 1.807) is 11.0 Å². The first-order chi connectivity index (χ1) is 7.11. The topological polar surface area (TPSA) is 46.3 Å². The van der Waals surface area contributed by atoms with Gasteiger partial charge in [-0.3, -0.25) is 4.79 Å². The molecule has 0 saturated heterocycles. The summed E-state index contributed by atoms with van der Waals surface area (Å²) in [6.07, 6.45) is 0. The predicted molar refractivity (Wildman–Crippen MR) is 62.8 cm³/mol. The summed E-state index contributed by atoms with van der Waals surface area (Å²) >= 11 is 0. The highest BCUT2D eigenvalue weighted by molar-refractivity contribution is 5.99. The van der Waals surface area contributed by atoms with Gasteiger partial charge in [0.25, 0.3) is 5.91 Å². The first-order valence-corrected chi connectivity index (χ1v) is 5.26. The number of para-hydroxylation sites is 1. The van der Waals surface area contributed by atoms with Gasteiger partial charge in [-0.25, -0.2) is 0 Å². The van der Waals surface area contributed by atoms with Gasteiger partial charge in [0.05, 0.1) is 5.56 Å². The van der Waals surface area contributed by atoms with Crippen molar-refractivity contribution in [1.82, 2.24) is 4.90 Å². The van der Waals surface area contributed by atoms with Crippen molar-refractivity contribution >= 4 is 11.6 Å². The third-order valence-corrected chi connectivity index (χ3v) is 2.61. The van der Waals surface area contributed by atoms with E-state index in [1.807, 2.05) is 32.9 Å². The molecule has 1 rings (SSSR count). The van der Waals surface area contributed by atoms with E-state index in [2.05, 4.69) is 0 Å². The van der Waals surface area contributed by atoms with Gasteiger partial charge < -0.3 is 10.6 Å². The SMILES string of the molecule is CCN(CC)C(=O)c1cccc(C)c1N. The molecule has 0 aliphatic heterocycles. The van der Waals surface area contributed by atoms with Crippen molar-refractivity contribution < 1.29 is 4.79 Å². The predicted octanol–water partition coefficient (Wildman–Crippen LogP) is 2.06. The Bertz CT molecular complexity index is 357. The zero-order valence-electron chi connectivity index (χ0n) is 9.58. The highest BCUT2D eigenvalue weighted by atomic mass is 16.2. The molecule has 3 nitrogen and oxygen atoms in total. The lowest BCUT2D eigenvalue weighted by Gasteiger charge is -2.20. The average Bonchev–Trinajstić information content (AvgIpc) is 2.23. The molecule has 1 aromatic carbocycles. The van der Waals surface area contributed by atoms with Crippen molar-refractivity contribution in [1.29, 1.82) is 0 Å². The largest absolute Gasteiger partial charge is 0.398 e. The molecule has 0 aliphatic carbocycles. The van der Waals surface area contributed by atoms with E-state index >= 15 is 0 Å². The highest BCUT2D eigenvalue weighted by Gasteiger charge is 2.15. The maximum Gasteiger partial charge on any atom is 0.255 e. The van der Waals surface area contributed by atoms with Gasteiger partial charge in [0.1, 0.15) is 0 Å². The van der Waals surface area contributed by atoms with Gasteiger partial charge in [0, 0.05) is 18.8 Å². The Labute approximate surface area is 90.9 Å². The van der Waals surface area contributed by atoms with Crippen molar-refractivity contribution in [3.63, 3.8) is 0 Å². The minimum absolute atomic E-state index is 0.0150. The molecule has 0 fully saturated rings. The molecule has 2 N–H and O–H groups in total. The van der Waals surface area contributed by atoms with Crippen LogP contribution in [0.15, 0.2) is 18.2 Å². The number of carbonyl (C=O) groups excluding carboxylic acids is 1. The Hall–Kier alpha value is -1.51. The molecule has 0 saturated carbocycles. The lowest BCUT2D eigenvalue weighted by Crippen LogP contribution is -2.31. The molecule has 3 heteroatoms. The second-order valence-corrected chi connectivity index (χ2v) is 3.51. The number of nitrogens with two attached hydrogens (primary N) is 1. The van der Waals surface area contributed by atoms with Crippen LogP contribution in [-0.4, -0.2) is 23.9 Å². The van der Waals surface area contributed by atoms with Crippen molar-refractivity contribution in [3.8, 4) is 0 Å². The fourth-order valence-corrected chi connectivity index (χ4v) is 1.55. The molecule has 0 spiro atoms. The number of carbonyl (C=O) groups is 1. The maximum absolute atomic E-state index is 12.0. The summed E-state index contributed by atoms with van der Waals surface area (Å²) in [6.45, 7) is 7.26. The molecular weight excluding hydrogens is 188 g/mol. The van der Waals surface area contributed by atoms with Gasteiger partial charge >= 0.3 is 0 Å². The summed E-state index contributed by atoms with van der Waals surface area (Å²) in [7, 11) is 0. The molecule has 0 aromatic heterocycles. The first kappa shape index (κ1) is 11.6. The van der Waals surface area contributed by atoms with Crippen molar-refractivity contribution in [2.75, 3.05) is 18.8 Å². The molecule has 0 bridgehead atoms. The number of aryl methyl sites for hydroxylation is 1. The number of hydrogen-bond donors (Lipinski definition) is 1. The molecular formula is C12H18N2O. The zero-order valence-corrected chi connectivity index (χ0v) is 9.58. The van der Waals surface area contributed by atoms with E-state index in [9.17, 15) is 4.79 Å². The van der Waals surface area contributed by atoms with E-state index < -0.39 is 0 Å². The van der Waals surface area contributed by atoms with Crippen LogP contribution in [0.4, 0.5) is 5.69 Å². The van der Waals surface area contributed by atoms with Gasteiger partial charge in [0.2, 0.25) is 0 Å². The number of hydrogen-bond acceptors (Lipinski definition) is 2. The number of benzene rings is 1. The van der Waals surface area contributed by atoms with E-state index in [0.717, 1.165) is 5.56 Å². The standard InChI is InChI=1S/C12H18N2O/c1-4-14(5-2)12(15)10-8-6-7-9(3)11(10)13/h6-8H,4-5,13H2,1-3H3. The van der Waals surface area contributed by atoms with Crippen LogP contribution in [0.3, 0.4) is 0 Å². The van der Waals surface area contributed by atoms with Crippen LogP contribution in [0.25, 0.3) is 0 Å². The Morgan fingerprint density at radius 3 is 2.47 bits per heavy atom. The minimum atomic E-state index is 0.0150. The lowest BCUT2D eigenvalue weighted by atomic mass is 10.1. The summed E-state index contributed by atoms with van der Waals surface area (Å²) in [5.74, 6) is 0.0150. The van der Waals surface area contributed by atoms with E-state index in [1.165, 1.54) is 0 Å². The average molecular weight is 206 g/mol. The number of nitrogens with zero attached hydrogens (tertiary/aromatic N) is 1. The quantitative estimate of drug-likeness (QED) is 0.769. The van der Waals surface area contributed by atoms with Gasteiger partial charge in [-0.05, 0) is 32.4 Å². The van der Waals surface area contributed by atoms with Gasteiger partial charge in [0.15, 0.2) is 0 Å². The molecule has 0 aliphatic rings. The van der Waals surface area contributed by atoms with Crippen LogP contribution in [0, 0.1) is 6.92 Å². The normalized spacial score (nSPS) is 10.1. The van der Waals surface area contributed by atoms with Crippen LogP contribution < -0.4 is 5.73 Å². The summed E-state index contributed by atoms with van der Waals surface area (Å²) in [4.78, 5) is 13.8. The Morgan fingerprint density at radius 1 is 1.33 bits per heavy atom. The zero-order chi connectivity index (χ0) is 11.4. The third-order valence-electron chi connectivity index (χ3n) is 2.61. The molecule has 0 heterocycles. The summed E-state index contributed by atoms with van der Waals surface area (Å²) < 4.78 is 0. The summed E-state index contributed by atoms with van der Waals surface area (Å²) in [5.41, 5.74) is 8.04. The fourth-order valence-electron chi connectivity index (χ4n) is 1.55. The molecule has 82 valence electrons. The second-order valence-electron chi connectivity index (χ2n) is 3.51. The number of rotatable bonds is 3. The highest BCUT2D eigenvalue weighted by Crippen LogP contribution is 2.18. The van der Waals surface area contributed by atoms with E-state index in [0.29, 0.717) is 24.3 Å². The molecule has 0 unspecified atom stereocenters. The van der Waals surface area contributed by atoms with Crippen LogP contribution in [0.1, 0.15) is 29.8 Å². The minimum Gasteiger partial charge on any atom is -0.398 e. The van der Waals surface area contributed by atoms with Crippen molar-refractivity contribution in [2.24, 2.45) is 0 Å². The van der Waals surface area contributed by atoms with Gasteiger partial charge in [-0.2, -0.15) is 0 Å². The maximum atomic E-state index is 12.0. The molecule has 0 radical (unpaired) electrons. The smallest absolute Gasteiger partial charge is 0.255 e. The molecule has 15 heavy (non-hydrogen) atoms. The fraction of sp³-hybridized carbons (Fsp3) is 0.417.